The van der Waals surface area contributed by atoms with Gasteiger partial charge in [0, 0.05) is 18.4 Å². The van der Waals surface area contributed by atoms with E-state index in [1.807, 2.05) is 24.3 Å². The number of aryl methyl sites for hydroxylation is 2. The van der Waals surface area contributed by atoms with Crippen molar-refractivity contribution in [2.75, 3.05) is 24.3 Å². The summed E-state index contributed by atoms with van der Waals surface area (Å²) in [7, 11) is 1.68. The van der Waals surface area contributed by atoms with Crippen LogP contribution in [0, 0.1) is 13.8 Å². The highest BCUT2D eigenvalue weighted by Gasteiger charge is 2.03. The minimum Gasteiger partial charge on any atom is -0.497 e. The summed E-state index contributed by atoms with van der Waals surface area (Å²) < 4.78 is 5.26. The molecule has 3 aromatic rings. The van der Waals surface area contributed by atoms with Gasteiger partial charge in [0.15, 0.2) is 0 Å². The average Bonchev–Trinajstić information content (AvgIpc) is 2.65. The van der Waals surface area contributed by atoms with E-state index in [-0.39, 0.29) is 0 Å². The second kappa shape index (κ2) is 8.34. The number of nitrogens with zero attached hydrogens (tertiary/aromatic N) is 2. The lowest BCUT2D eigenvalue weighted by Crippen LogP contribution is -2.09. The van der Waals surface area contributed by atoms with Crippen molar-refractivity contribution in [1.29, 1.82) is 0 Å². The molecule has 5 heteroatoms. The van der Waals surface area contributed by atoms with Crippen molar-refractivity contribution in [2.24, 2.45) is 0 Å². The van der Waals surface area contributed by atoms with Gasteiger partial charge in [-0.15, -0.1) is 0 Å². The third kappa shape index (κ3) is 4.72. The predicted molar refractivity (Wildman–Crippen MR) is 106 cm³/mol. The number of rotatable bonds is 7. The Morgan fingerprint density at radius 2 is 1.92 bits per heavy atom. The molecule has 0 bridgehead atoms. The Hall–Kier alpha value is -3.08. The van der Waals surface area contributed by atoms with Crippen molar-refractivity contribution in [3.8, 4) is 5.75 Å². The van der Waals surface area contributed by atoms with Gasteiger partial charge in [-0.2, -0.15) is 4.98 Å². The monoisotopic (exact) mass is 348 g/mol. The minimum atomic E-state index is 0.614. The average molecular weight is 348 g/mol. The molecule has 0 unspecified atom stereocenters. The van der Waals surface area contributed by atoms with Crippen LogP contribution in [0.25, 0.3) is 0 Å². The summed E-state index contributed by atoms with van der Waals surface area (Å²) in [6.07, 6.45) is 2.63. The molecule has 0 amide bonds. The first kappa shape index (κ1) is 17.7. The Balaban J connectivity index is 1.61. The van der Waals surface area contributed by atoms with Crippen molar-refractivity contribution in [3.05, 3.63) is 71.4 Å². The van der Waals surface area contributed by atoms with Gasteiger partial charge in [0.05, 0.1) is 7.11 Å². The fourth-order valence-electron chi connectivity index (χ4n) is 2.67. The maximum absolute atomic E-state index is 5.26. The fourth-order valence-corrected chi connectivity index (χ4v) is 2.67. The SMILES string of the molecule is COc1cccc(CCNc2nccc(Nc3cc(C)ccc3C)n2)c1. The minimum absolute atomic E-state index is 0.614. The highest BCUT2D eigenvalue weighted by molar-refractivity contribution is 5.61. The van der Waals surface area contributed by atoms with Crippen LogP contribution in [0.4, 0.5) is 17.5 Å². The molecule has 0 atom stereocenters. The van der Waals surface area contributed by atoms with E-state index in [1.54, 1.807) is 13.3 Å². The summed E-state index contributed by atoms with van der Waals surface area (Å²) >= 11 is 0. The molecule has 0 saturated heterocycles. The number of hydrogen-bond acceptors (Lipinski definition) is 5. The molecule has 3 rings (SSSR count). The lowest BCUT2D eigenvalue weighted by molar-refractivity contribution is 0.414. The summed E-state index contributed by atoms with van der Waals surface area (Å²) in [5.74, 6) is 2.26. The zero-order valence-electron chi connectivity index (χ0n) is 15.4. The first-order chi connectivity index (χ1) is 12.6. The summed E-state index contributed by atoms with van der Waals surface area (Å²) in [5.41, 5.74) is 4.66. The van der Waals surface area contributed by atoms with Crippen LogP contribution in [0.3, 0.4) is 0 Å². The molecule has 0 radical (unpaired) electrons. The maximum Gasteiger partial charge on any atom is 0.224 e. The predicted octanol–water partition coefficient (Wildman–Crippen LogP) is 4.50. The molecular weight excluding hydrogens is 324 g/mol. The van der Waals surface area contributed by atoms with Crippen molar-refractivity contribution >= 4 is 17.5 Å². The van der Waals surface area contributed by atoms with Gasteiger partial charge in [-0.1, -0.05) is 24.3 Å². The lowest BCUT2D eigenvalue weighted by Gasteiger charge is -2.11. The van der Waals surface area contributed by atoms with Gasteiger partial charge in [0.1, 0.15) is 11.6 Å². The van der Waals surface area contributed by atoms with Gasteiger partial charge in [0.2, 0.25) is 5.95 Å². The number of methoxy groups -OCH3 is 1. The maximum atomic E-state index is 5.26. The third-order valence-corrected chi connectivity index (χ3v) is 4.14. The first-order valence-corrected chi connectivity index (χ1v) is 8.68. The van der Waals surface area contributed by atoms with E-state index in [4.69, 9.17) is 4.74 Å². The second-order valence-electron chi connectivity index (χ2n) is 6.24. The van der Waals surface area contributed by atoms with Crippen molar-refractivity contribution < 1.29 is 4.74 Å². The molecule has 2 aromatic carbocycles. The number of anilines is 3. The molecule has 26 heavy (non-hydrogen) atoms. The Bertz CT molecular complexity index is 879. The standard InChI is InChI=1S/C21H24N4O/c1-15-7-8-16(2)19(13-15)24-20-10-12-23-21(25-20)22-11-9-17-5-4-6-18(14-17)26-3/h4-8,10,12-14H,9,11H2,1-3H3,(H2,22,23,24,25). The largest absolute Gasteiger partial charge is 0.497 e. The van der Waals surface area contributed by atoms with Crippen LogP contribution in [0.2, 0.25) is 0 Å². The molecular formula is C21H24N4O. The van der Waals surface area contributed by atoms with E-state index >= 15 is 0 Å². The van der Waals surface area contributed by atoms with Crippen LogP contribution in [0.1, 0.15) is 16.7 Å². The van der Waals surface area contributed by atoms with Crippen LogP contribution in [0.15, 0.2) is 54.7 Å². The quantitative estimate of drug-likeness (QED) is 0.658. The lowest BCUT2D eigenvalue weighted by atomic mass is 10.1. The van der Waals surface area contributed by atoms with E-state index in [9.17, 15) is 0 Å². The molecule has 0 aliphatic heterocycles. The van der Waals surface area contributed by atoms with E-state index in [1.165, 1.54) is 16.7 Å². The fraction of sp³-hybridized carbons (Fsp3) is 0.238. The van der Waals surface area contributed by atoms with Crippen LogP contribution in [-0.4, -0.2) is 23.6 Å². The van der Waals surface area contributed by atoms with Crippen molar-refractivity contribution in [2.45, 2.75) is 20.3 Å². The van der Waals surface area contributed by atoms with Crippen molar-refractivity contribution in [1.82, 2.24) is 9.97 Å². The highest BCUT2D eigenvalue weighted by Crippen LogP contribution is 2.21. The molecule has 0 spiro atoms. The van der Waals surface area contributed by atoms with Gasteiger partial charge in [0.25, 0.3) is 0 Å². The number of benzene rings is 2. The van der Waals surface area contributed by atoms with Gasteiger partial charge in [-0.05, 0) is 61.2 Å². The zero-order chi connectivity index (χ0) is 18.4. The molecule has 1 heterocycles. The first-order valence-electron chi connectivity index (χ1n) is 8.68. The Labute approximate surface area is 154 Å². The Morgan fingerprint density at radius 1 is 1.04 bits per heavy atom. The molecule has 5 nitrogen and oxygen atoms in total. The van der Waals surface area contributed by atoms with Crippen LogP contribution in [0.5, 0.6) is 5.75 Å². The van der Waals surface area contributed by atoms with E-state index < -0.39 is 0 Å². The van der Waals surface area contributed by atoms with Crippen LogP contribution < -0.4 is 15.4 Å². The molecule has 0 aliphatic carbocycles. The summed E-state index contributed by atoms with van der Waals surface area (Å²) in [4.78, 5) is 8.84. The topological polar surface area (TPSA) is 59.1 Å². The van der Waals surface area contributed by atoms with E-state index in [0.717, 1.165) is 30.2 Å². The highest BCUT2D eigenvalue weighted by atomic mass is 16.5. The number of aromatic nitrogens is 2. The summed E-state index contributed by atoms with van der Waals surface area (Å²) in [6, 6.07) is 16.3. The smallest absolute Gasteiger partial charge is 0.224 e. The van der Waals surface area contributed by atoms with Gasteiger partial charge < -0.3 is 15.4 Å². The second-order valence-corrected chi connectivity index (χ2v) is 6.24. The third-order valence-electron chi connectivity index (χ3n) is 4.14. The Kier molecular flexibility index (Phi) is 5.69. The number of ether oxygens (including phenoxy) is 1. The van der Waals surface area contributed by atoms with Gasteiger partial charge in [-0.3, -0.25) is 0 Å². The number of hydrogen-bond donors (Lipinski definition) is 2. The van der Waals surface area contributed by atoms with Crippen molar-refractivity contribution in [3.63, 3.8) is 0 Å². The van der Waals surface area contributed by atoms with E-state index in [0.29, 0.717) is 5.95 Å². The van der Waals surface area contributed by atoms with E-state index in [2.05, 4.69) is 58.7 Å². The number of nitrogens with one attached hydrogen (secondary N) is 2. The van der Waals surface area contributed by atoms with Crippen LogP contribution in [-0.2, 0) is 6.42 Å². The molecule has 0 fully saturated rings. The van der Waals surface area contributed by atoms with Crippen LogP contribution >= 0.6 is 0 Å². The zero-order valence-corrected chi connectivity index (χ0v) is 15.4. The molecule has 2 N–H and O–H groups in total. The summed E-state index contributed by atoms with van der Waals surface area (Å²) in [6.45, 7) is 4.91. The van der Waals surface area contributed by atoms with Gasteiger partial charge in [-0.25, -0.2) is 4.98 Å². The molecule has 0 aliphatic rings. The Morgan fingerprint density at radius 3 is 2.77 bits per heavy atom. The molecule has 1 aromatic heterocycles. The van der Waals surface area contributed by atoms with Gasteiger partial charge >= 0.3 is 0 Å². The molecule has 0 saturated carbocycles. The molecule has 134 valence electrons. The normalized spacial score (nSPS) is 10.4. The summed E-state index contributed by atoms with van der Waals surface area (Å²) in [5, 5.41) is 6.65.